The van der Waals surface area contributed by atoms with Crippen LogP contribution in [0.3, 0.4) is 0 Å². The lowest BCUT2D eigenvalue weighted by atomic mass is 10.0. The molecule has 30 heavy (non-hydrogen) atoms. The number of aromatic nitrogens is 2. The van der Waals surface area contributed by atoms with Crippen molar-refractivity contribution >= 4 is 16.8 Å². The molecule has 148 valence electrons. The molecule has 1 aromatic heterocycles. The second-order valence-corrected chi connectivity index (χ2v) is 8.02. The van der Waals surface area contributed by atoms with Gasteiger partial charge in [-0.3, -0.25) is 14.8 Å². The molecule has 5 heteroatoms. The van der Waals surface area contributed by atoms with Crippen LogP contribution in [0, 0.1) is 0 Å². The summed E-state index contributed by atoms with van der Waals surface area (Å²) in [7, 11) is 0. The second kappa shape index (κ2) is 6.82. The summed E-state index contributed by atoms with van der Waals surface area (Å²) in [5.41, 5.74) is 6.84. The highest BCUT2D eigenvalue weighted by atomic mass is 16.2. The van der Waals surface area contributed by atoms with Crippen LogP contribution >= 0.6 is 0 Å². The van der Waals surface area contributed by atoms with Gasteiger partial charge in [0.15, 0.2) is 5.69 Å². The van der Waals surface area contributed by atoms with Gasteiger partial charge in [0.2, 0.25) is 0 Å². The van der Waals surface area contributed by atoms with E-state index in [4.69, 9.17) is 0 Å². The van der Waals surface area contributed by atoms with Crippen LogP contribution in [-0.2, 0) is 0 Å². The highest BCUT2D eigenvalue weighted by Crippen LogP contribution is 2.46. The average molecular weight is 394 g/mol. The fourth-order valence-electron chi connectivity index (χ4n) is 4.98. The SMILES string of the molecule is O=C(c1n[nH]c2ccccc12)N1CCN(C2c3ccccc3-c3ccccc32)CC1. The zero-order valence-corrected chi connectivity index (χ0v) is 16.6. The molecule has 2 aliphatic rings. The van der Waals surface area contributed by atoms with Gasteiger partial charge in [-0.05, 0) is 28.3 Å². The minimum absolute atomic E-state index is 0.0133. The van der Waals surface area contributed by atoms with Gasteiger partial charge in [0.1, 0.15) is 0 Å². The maximum absolute atomic E-state index is 13.1. The van der Waals surface area contributed by atoms with E-state index in [1.807, 2.05) is 29.2 Å². The summed E-state index contributed by atoms with van der Waals surface area (Å²) in [6.07, 6.45) is 0. The second-order valence-electron chi connectivity index (χ2n) is 8.02. The fraction of sp³-hybridized carbons (Fsp3) is 0.200. The van der Waals surface area contributed by atoms with Gasteiger partial charge in [0, 0.05) is 31.6 Å². The van der Waals surface area contributed by atoms with Crippen molar-refractivity contribution in [2.45, 2.75) is 6.04 Å². The molecular weight excluding hydrogens is 372 g/mol. The fourth-order valence-corrected chi connectivity index (χ4v) is 4.98. The molecule has 1 saturated heterocycles. The Labute approximate surface area is 174 Å². The standard InChI is InChI=1S/C25H22N4O/c30-25(23-21-11-5-6-12-22(21)26-27-23)29-15-13-28(14-16-29)24-19-9-3-1-7-17(19)18-8-2-4-10-20(18)24/h1-12,24H,13-16H2,(H,26,27). The Morgan fingerprint density at radius 1 is 0.800 bits per heavy atom. The first-order chi connectivity index (χ1) is 14.8. The van der Waals surface area contributed by atoms with Crippen LogP contribution in [0.4, 0.5) is 0 Å². The molecule has 1 N–H and O–H groups in total. The lowest BCUT2D eigenvalue weighted by Gasteiger charge is -2.38. The van der Waals surface area contributed by atoms with E-state index in [0.717, 1.165) is 24.0 Å². The van der Waals surface area contributed by atoms with Crippen LogP contribution in [0.2, 0.25) is 0 Å². The molecule has 4 aromatic rings. The third-order valence-corrected chi connectivity index (χ3v) is 6.44. The minimum Gasteiger partial charge on any atom is -0.335 e. The summed E-state index contributed by atoms with van der Waals surface area (Å²) in [5, 5.41) is 8.16. The number of amides is 1. The van der Waals surface area contributed by atoms with E-state index in [0.29, 0.717) is 18.8 Å². The summed E-state index contributed by atoms with van der Waals surface area (Å²) < 4.78 is 0. The number of piperazine rings is 1. The number of H-pyrrole nitrogens is 1. The van der Waals surface area contributed by atoms with Crippen molar-refractivity contribution in [3.63, 3.8) is 0 Å². The van der Waals surface area contributed by atoms with Crippen molar-refractivity contribution in [1.29, 1.82) is 0 Å². The molecule has 1 amide bonds. The molecule has 0 radical (unpaired) electrons. The molecule has 2 heterocycles. The molecule has 3 aromatic carbocycles. The van der Waals surface area contributed by atoms with Gasteiger partial charge in [-0.1, -0.05) is 66.7 Å². The van der Waals surface area contributed by atoms with Gasteiger partial charge >= 0.3 is 0 Å². The van der Waals surface area contributed by atoms with Crippen LogP contribution in [0.25, 0.3) is 22.0 Å². The normalized spacial score (nSPS) is 16.6. The first-order valence-electron chi connectivity index (χ1n) is 10.5. The van der Waals surface area contributed by atoms with E-state index >= 15 is 0 Å². The van der Waals surface area contributed by atoms with E-state index < -0.39 is 0 Å². The lowest BCUT2D eigenvalue weighted by Crippen LogP contribution is -2.49. The summed E-state index contributed by atoms with van der Waals surface area (Å²) >= 11 is 0. The predicted octanol–water partition coefficient (Wildman–Crippen LogP) is 4.09. The monoisotopic (exact) mass is 394 g/mol. The van der Waals surface area contributed by atoms with Gasteiger partial charge in [-0.25, -0.2) is 0 Å². The zero-order chi connectivity index (χ0) is 20.1. The molecular formula is C25H22N4O. The molecule has 0 saturated carbocycles. The van der Waals surface area contributed by atoms with E-state index in [1.165, 1.54) is 22.3 Å². The van der Waals surface area contributed by atoms with Crippen LogP contribution in [0.1, 0.15) is 27.7 Å². The Kier molecular flexibility index (Phi) is 3.96. The molecule has 0 atom stereocenters. The van der Waals surface area contributed by atoms with Crippen LogP contribution < -0.4 is 0 Å². The van der Waals surface area contributed by atoms with E-state index in [9.17, 15) is 4.79 Å². The maximum atomic E-state index is 13.1. The number of nitrogens with one attached hydrogen (secondary N) is 1. The molecule has 1 aliphatic heterocycles. The van der Waals surface area contributed by atoms with Crippen molar-refractivity contribution in [3.8, 4) is 11.1 Å². The van der Waals surface area contributed by atoms with Crippen molar-refractivity contribution in [3.05, 3.63) is 89.6 Å². The molecule has 0 spiro atoms. The Bertz CT molecular complexity index is 1210. The number of hydrogen-bond acceptors (Lipinski definition) is 3. The highest BCUT2D eigenvalue weighted by Gasteiger charge is 2.35. The lowest BCUT2D eigenvalue weighted by molar-refractivity contribution is 0.0596. The van der Waals surface area contributed by atoms with Gasteiger partial charge in [-0.2, -0.15) is 5.10 Å². The minimum atomic E-state index is 0.0133. The van der Waals surface area contributed by atoms with E-state index in [2.05, 4.69) is 63.6 Å². The summed E-state index contributed by atoms with van der Waals surface area (Å²) in [5.74, 6) is 0.0133. The van der Waals surface area contributed by atoms with Crippen molar-refractivity contribution in [2.24, 2.45) is 0 Å². The number of benzene rings is 3. The molecule has 6 rings (SSSR count). The maximum Gasteiger partial charge on any atom is 0.275 e. The first kappa shape index (κ1) is 17.4. The van der Waals surface area contributed by atoms with Gasteiger partial charge in [0.25, 0.3) is 5.91 Å². The number of hydrogen-bond donors (Lipinski definition) is 1. The Morgan fingerprint density at radius 2 is 1.40 bits per heavy atom. The highest BCUT2D eigenvalue weighted by molar-refractivity contribution is 6.04. The van der Waals surface area contributed by atoms with Gasteiger partial charge in [-0.15, -0.1) is 0 Å². The molecule has 0 unspecified atom stereocenters. The van der Waals surface area contributed by atoms with Crippen molar-refractivity contribution in [1.82, 2.24) is 20.0 Å². The topological polar surface area (TPSA) is 52.2 Å². The zero-order valence-electron chi connectivity index (χ0n) is 16.6. The third-order valence-electron chi connectivity index (χ3n) is 6.44. The van der Waals surface area contributed by atoms with E-state index in [-0.39, 0.29) is 11.9 Å². The predicted molar refractivity (Wildman–Crippen MR) is 117 cm³/mol. The molecule has 1 aliphatic carbocycles. The Balaban J connectivity index is 1.25. The van der Waals surface area contributed by atoms with Crippen LogP contribution in [0.15, 0.2) is 72.8 Å². The van der Waals surface area contributed by atoms with Crippen molar-refractivity contribution in [2.75, 3.05) is 26.2 Å². The van der Waals surface area contributed by atoms with Crippen molar-refractivity contribution < 1.29 is 4.79 Å². The number of para-hydroxylation sites is 1. The average Bonchev–Trinajstić information content (AvgIpc) is 3.38. The quantitative estimate of drug-likeness (QED) is 0.557. The third kappa shape index (κ3) is 2.59. The summed E-state index contributed by atoms with van der Waals surface area (Å²) in [6.45, 7) is 3.12. The summed E-state index contributed by atoms with van der Waals surface area (Å²) in [4.78, 5) is 17.6. The van der Waals surface area contributed by atoms with Crippen LogP contribution in [-0.4, -0.2) is 52.1 Å². The molecule has 1 fully saturated rings. The van der Waals surface area contributed by atoms with Gasteiger partial charge in [0.05, 0.1) is 11.6 Å². The molecule has 5 nitrogen and oxygen atoms in total. The molecule has 0 bridgehead atoms. The number of nitrogens with zero attached hydrogens (tertiary/aromatic N) is 3. The number of fused-ring (bicyclic) bond motifs is 4. The summed E-state index contributed by atoms with van der Waals surface area (Å²) in [6, 6.07) is 25.5. The van der Waals surface area contributed by atoms with Gasteiger partial charge < -0.3 is 4.90 Å². The Hall–Kier alpha value is -3.44. The Morgan fingerprint density at radius 3 is 2.10 bits per heavy atom. The van der Waals surface area contributed by atoms with E-state index in [1.54, 1.807) is 0 Å². The number of carbonyl (C=O) groups is 1. The van der Waals surface area contributed by atoms with Crippen LogP contribution in [0.5, 0.6) is 0 Å². The smallest absolute Gasteiger partial charge is 0.275 e. The largest absolute Gasteiger partial charge is 0.335 e. The first-order valence-corrected chi connectivity index (χ1v) is 10.5. The number of carbonyl (C=O) groups excluding carboxylic acids is 1. The number of rotatable bonds is 2. The number of aromatic amines is 1.